The maximum absolute atomic E-state index is 13.9. The van der Waals surface area contributed by atoms with Crippen LogP contribution in [0, 0.1) is 12.7 Å². The number of rotatable bonds is 3. The van der Waals surface area contributed by atoms with Crippen LogP contribution in [0.15, 0.2) is 42.7 Å². The first-order chi connectivity index (χ1) is 11.0. The van der Waals surface area contributed by atoms with Gasteiger partial charge in [-0.2, -0.15) is 0 Å². The molecule has 5 nitrogen and oxygen atoms in total. The molecular formula is C17H14FN3O2. The molecule has 0 fully saturated rings. The number of pyridine rings is 1. The summed E-state index contributed by atoms with van der Waals surface area (Å²) < 4.78 is 15.5. The SMILES string of the molecule is CC(=O)c1ccc(F)c(NC(=O)c2cnc3cc(C)ccn23)c1. The predicted octanol–water partition coefficient (Wildman–Crippen LogP) is 3.24. The first-order valence-electron chi connectivity index (χ1n) is 7.01. The Morgan fingerprint density at radius 3 is 2.74 bits per heavy atom. The van der Waals surface area contributed by atoms with Crippen molar-refractivity contribution < 1.29 is 14.0 Å². The van der Waals surface area contributed by atoms with Crippen molar-refractivity contribution in [2.45, 2.75) is 13.8 Å². The molecule has 23 heavy (non-hydrogen) atoms. The monoisotopic (exact) mass is 311 g/mol. The third kappa shape index (κ3) is 2.83. The highest BCUT2D eigenvalue weighted by Crippen LogP contribution is 2.18. The van der Waals surface area contributed by atoms with E-state index in [1.54, 1.807) is 10.6 Å². The zero-order valence-electron chi connectivity index (χ0n) is 12.6. The Bertz CT molecular complexity index is 931. The maximum atomic E-state index is 13.9. The van der Waals surface area contributed by atoms with Crippen LogP contribution in [0.5, 0.6) is 0 Å². The number of hydrogen-bond acceptors (Lipinski definition) is 3. The second-order valence-corrected chi connectivity index (χ2v) is 5.28. The molecule has 116 valence electrons. The summed E-state index contributed by atoms with van der Waals surface area (Å²) in [6, 6.07) is 7.55. The van der Waals surface area contributed by atoms with Crippen molar-refractivity contribution in [3.63, 3.8) is 0 Å². The molecule has 0 unspecified atom stereocenters. The first kappa shape index (κ1) is 14.9. The number of ketones is 1. The van der Waals surface area contributed by atoms with E-state index in [9.17, 15) is 14.0 Å². The number of carbonyl (C=O) groups is 2. The number of nitrogens with one attached hydrogen (secondary N) is 1. The topological polar surface area (TPSA) is 63.5 Å². The molecule has 1 N–H and O–H groups in total. The number of aryl methyl sites for hydroxylation is 1. The van der Waals surface area contributed by atoms with Crippen LogP contribution in [0.25, 0.3) is 5.65 Å². The number of halogens is 1. The lowest BCUT2D eigenvalue weighted by Crippen LogP contribution is -2.15. The maximum Gasteiger partial charge on any atom is 0.274 e. The van der Waals surface area contributed by atoms with Crippen LogP contribution in [0.3, 0.4) is 0 Å². The number of fused-ring (bicyclic) bond motifs is 1. The molecule has 0 bridgehead atoms. The van der Waals surface area contributed by atoms with E-state index in [0.29, 0.717) is 11.2 Å². The third-order valence-electron chi connectivity index (χ3n) is 3.52. The fraction of sp³-hybridized carbons (Fsp3) is 0.118. The second kappa shape index (κ2) is 5.64. The van der Waals surface area contributed by atoms with Gasteiger partial charge < -0.3 is 5.32 Å². The smallest absolute Gasteiger partial charge is 0.274 e. The molecule has 0 radical (unpaired) electrons. The number of nitrogens with zero attached hydrogens (tertiary/aromatic N) is 2. The van der Waals surface area contributed by atoms with Gasteiger partial charge in [-0.05, 0) is 49.7 Å². The lowest BCUT2D eigenvalue weighted by atomic mass is 10.1. The molecule has 0 aliphatic heterocycles. The van der Waals surface area contributed by atoms with Crippen LogP contribution in [-0.4, -0.2) is 21.1 Å². The normalized spacial score (nSPS) is 10.7. The minimum absolute atomic E-state index is 0.0373. The third-order valence-corrected chi connectivity index (χ3v) is 3.52. The van der Waals surface area contributed by atoms with Crippen LogP contribution in [0.4, 0.5) is 10.1 Å². The van der Waals surface area contributed by atoms with E-state index in [1.807, 2.05) is 19.1 Å². The summed E-state index contributed by atoms with van der Waals surface area (Å²) in [5.41, 5.74) is 2.23. The van der Waals surface area contributed by atoms with Crippen LogP contribution in [-0.2, 0) is 0 Å². The summed E-state index contributed by atoms with van der Waals surface area (Å²) in [6.07, 6.45) is 3.16. The summed E-state index contributed by atoms with van der Waals surface area (Å²) >= 11 is 0. The van der Waals surface area contributed by atoms with E-state index < -0.39 is 11.7 Å². The summed E-state index contributed by atoms with van der Waals surface area (Å²) in [5, 5.41) is 2.49. The number of carbonyl (C=O) groups excluding carboxylic acids is 2. The predicted molar refractivity (Wildman–Crippen MR) is 84.3 cm³/mol. The molecule has 0 saturated carbocycles. The Kier molecular flexibility index (Phi) is 3.65. The van der Waals surface area contributed by atoms with Gasteiger partial charge in [0.05, 0.1) is 11.9 Å². The molecule has 3 rings (SSSR count). The van der Waals surface area contributed by atoms with Crippen molar-refractivity contribution in [2.24, 2.45) is 0 Å². The zero-order valence-corrected chi connectivity index (χ0v) is 12.6. The number of aromatic nitrogens is 2. The first-order valence-corrected chi connectivity index (χ1v) is 7.01. The lowest BCUT2D eigenvalue weighted by Gasteiger charge is -2.08. The molecule has 6 heteroatoms. The minimum Gasteiger partial charge on any atom is -0.318 e. The van der Waals surface area contributed by atoms with Crippen molar-refractivity contribution in [1.29, 1.82) is 0 Å². The Morgan fingerprint density at radius 2 is 2.00 bits per heavy atom. The Labute approximate surface area is 131 Å². The van der Waals surface area contributed by atoms with Gasteiger partial charge in [-0.1, -0.05) is 0 Å². The van der Waals surface area contributed by atoms with Gasteiger partial charge in [0.1, 0.15) is 17.2 Å². The molecule has 0 aliphatic rings. The molecular weight excluding hydrogens is 297 g/mol. The van der Waals surface area contributed by atoms with Crippen molar-refractivity contribution in [2.75, 3.05) is 5.32 Å². The van der Waals surface area contributed by atoms with Gasteiger partial charge >= 0.3 is 0 Å². The largest absolute Gasteiger partial charge is 0.318 e. The molecule has 0 atom stereocenters. The van der Waals surface area contributed by atoms with Crippen LogP contribution in [0.1, 0.15) is 33.3 Å². The van der Waals surface area contributed by atoms with E-state index in [2.05, 4.69) is 10.3 Å². The molecule has 0 spiro atoms. The van der Waals surface area contributed by atoms with Crippen LogP contribution < -0.4 is 5.32 Å². The van der Waals surface area contributed by atoms with Gasteiger partial charge in [-0.15, -0.1) is 0 Å². The van der Waals surface area contributed by atoms with Crippen molar-refractivity contribution >= 4 is 23.0 Å². The molecule has 3 aromatic rings. The average molecular weight is 311 g/mol. The van der Waals surface area contributed by atoms with E-state index in [-0.39, 0.29) is 17.2 Å². The summed E-state index contributed by atoms with van der Waals surface area (Å²) in [5.74, 6) is -1.31. The number of amides is 1. The van der Waals surface area contributed by atoms with E-state index in [4.69, 9.17) is 0 Å². The lowest BCUT2D eigenvalue weighted by molar-refractivity contribution is 0.100. The highest BCUT2D eigenvalue weighted by molar-refractivity contribution is 6.04. The molecule has 2 heterocycles. The number of anilines is 1. The fourth-order valence-corrected chi connectivity index (χ4v) is 2.28. The van der Waals surface area contributed by atoms with Gasteiger partial charge in [-0.3, -0.25) is 14.0 Å². The molecule has 2 aromatic heterocycles. The molecule has 1 aromatic carbocycles. The van der Waals surface area contributed by atoms with E-state index in [1.165, 1.54) is 25.3 Å². The van der Waals surface area contributed by atoms with E-state index in [0.717, 1.165) is 11.6 Å². The van der Waals surface area contributed by atoms with Crippen LogP contribution in [0.2, 0.25) is 0 Å². The molecule has 1 amide bonds. The number of benzene rings is 1. The summed E-state index contributed by atoms with van der Waals surface area (Å²) in [6.45, 7) is 3.31. The summed E-state index contributed by atoms with van der Waals surface area (Å²) in [7, 11) is 0. The van der Waals surface area contributed by atoms with Crippen LogP contribution >= 0.6 is 0 Å². The number of imidazole rings is 1. The van der Waals surface area contributed by atoms with Crippen molar-refractivity contribution in [3.05, 3.63) is 65.4 Å². The van der Waals surface area contributed by atoms with Gasteiger partial charge in [0.2, 0.25) is 0 Å². The van der Waals surface area contributed by atoms with Gasteiger partial charge in [0.25, 0.3) is 5.91 Å². The minimum atomic E-state index is -0.604. The summed E-state index contributed by atoms with van der Waals surface area (Å²) in [4.78, 5) is 27.9. The van der Waals surface area contributed by atoms with Gasteiger partial charge in [-0.25, -0.2) is 9.37 Å². The van der Waals surface area contributed by atoms with E-state index >= 15 is 0 Å². The standard InChI is InChI=1S/C17H14FN3O2/c1-10-5-6-21-15(9-19-16(21)7-10)17(23)20-14-8-12(11(2)22)3-4-13(14)18/h3-9H,1-2H3,(H,20,23). The number of hydrogen-bond donors (Lipinski definition) is 1. The van der Waals surface area contributed by atoms with Crippen molar-refractivity contribution in [1.82, 2.24) is 9.38 Å². The fourth-order valence-electron chi connectivity index (χ4n) is 2.28. The Balaban J connectivity index is 1.95. The molecule has 0 saturated heterocycles. The quantitative estimate of drug-likeness (QED) is 0.755. The average Bonchev–Trinajstić information content (AvgIpc) is 2.92. The highest BCUT2D eigenvalue weighted by atomic mass is 19.1. The Morgan fingerprint density at radius 1 is 1.22 bits per heavy atom. The zero-order chi connectivity index (χ0) is 16.6. The Hall–Kier alpha value is -3.02. The number of Topliss-reactive ketones (excluding diaryl/α,β-unsaturated/α-hetero) is 1. The second-order valence-electron chi connectivity index (χ2n) is 5.28. The highest BCUT2D eigenvalue weighted by Gasteiger charge is 2.15. The van der Waals surface area contributed by atoms with Gasteiger partial charge in [0.15, 0.2) is 5.78 Å². The van der Waals surface area contributed by atoms with Crippen molar-refractivity contribution in [3.8, 4) is 0 Å². The van der Waals surface area contributed by atoms with Gasteiger partial charge in [0, 0.05) is 11.8 Å². The molecule has 0 aliphatic carbocycles.